The summed E-state index contributed by atoms with van der Waals surface area (Å²) in [7, 11) is 0. The van der Waals surface area contributed by atoms with E-state index >= 15 is 0 Å². The van der Waals surface area contributed by atoms with Gasteiger partial charge in [0, 0.05) is 0 Å². The van der Waals surface area contributed by atoms with Gasteiger partial charge in [0.1, 0.15) is 11.5 Å². The van der Waals surface area contributed by atoms with Gasteiger partial charge in [0.25, 0.3) is 0 Å². The zero-order valence-corrected chi connectivity index (χ0v) is 21.7. The monoisotopic (exact) mass is 476 g/mol. The van der Waals surface area contributed by atoms with Crippen molar-refractivity contribution in [3.05, 3.63) is 72.3 Å². The van der Waals surface area contributed by atoms with E-state index < -0.39 is 0 Å². The van der Waals surface area contributed by atoms with Crippen LogP contribution in [0.1, 0.15) is 99.9 Å². The van der Waals surface area contributed by atoms with E-state index in [1.807, 2.05) is 30.3 Å². The number of esters is 1. The largest absolute Gasteiger partial charge is 0.494 e. The van der Waals surface area contributed by atoms with E-state index in [1.165, 1.54) is 63.4 Å². The third kappa shape index (κ3) is 9.92. The first-order valence-corrected chi connectivity index (χ1v) is 13.8. The summed E-state index contributed by atoms with van der Waals surface area (Å²) in [6.07, 6.45) is 18.6. The molecular formula is C32H44O3. The predicted molar refractivity (Wildman–Crippen MR) is 145 cm³/mol. The SMILES string of the molecule is C=CCCCCOc1ccc(C(=O)Oc2ccc(CC[C@H]3CC[C@H](CCCCC)CC3)cc2)cc1. The maximum absolute atomic E-state index is 12.5. The number of carbonyl (C=O) groups excluding carboxylic acids is 1. The summed E-state index contributed by atoms with van der Waals surface area (Å²) >= 11 is 0. The number of carbonyl (C=O) groups is 1. The molecule has 0 N–H and O–H groups in total. The molecule has 0 unspecified atom stereocenters. The Hall–Kier alpha value is -2.55. The standard InChI is InChI=1S/C32H44O3/c1-3-5-7-9-25-34-30-23-19-29(20-24-30)32(33)35-31-21-17-28(18-22-31)16-15-27-13-11-26(12-14-27)10-8-6-4-2/h3,17-24,26-27H,1,4-16,25H2,2H3/t26-,27-. The normalized spacial score (nSPS) is 17.6. The topological polar surface area (TPSA) is 35.5 Å². The summed E-state index contributed by atoms with van der Waals surface area (Å²) in [5.41, 5.74) is 1.85. The first-order valence-electron chi connectivity index (χ1n) is 13.8. The second-order valence-corrected chi connectivity index (χ2v) is 10.1. The summed E-state index contributed by atoms with van der Waals surface area (Å²) in [6, 6.07) is 15.2. The Morgan fingerprint density at radius 2 is 1.51 bits per heavy atom. The molecule has 0 saturated heterocycles. The van der Waals surface area contributed by atoms with Gasteiger partial charge in [-0.2, -0.15) is 0 Å². The van der Waals surface area contributed by atoms with Gasteiger partial charge in [0.2, 0.25) is 0 Å². The van der Waals surface area contributed by atoms with Crippen LogP contribution in [-0.2, 0) is 6.42 Å². The lowest BCUT2D eigenvalue weighted by molar-refractivity contribution is 0.0734. The molecule has 0 spiro atoms. The molecule has 0 aliphatic heterocycles. The molecule has 0 aromatic heterocycles. The highest BCUT2D eigenvalue weighted by atomic mass is 16.5. The highest BCUT2D eigenvalue weighted by Gasteiger charge is 2.20. The quantitative estimate of drug-likeness (QED) is 0.111. The molecule has 1 fully saturated rings. The van der Waals surface area contributed by atoms with Crippen LogP contribution in [0, 0.1) is 11.8 Å². The van der Waals surface area contributed by atoms with Crippen LogP contribution in [0.15, 0.2) is 61.2 Å². The lowest BCUT2D eigenvalue weighted by atomic mass is 9.78. The molecule has 0 amide bonds. The van der Waals surface area contributed by atoms with Crippen molar-refractivity contribution in [3.63, 3.8) is 0 Å². The summed E-state index contributed by atoms with van der Waals surface area (Å²) in [6.45, 7) is 6.69. The van der Waals surface area contributed by atoms with Gasteiger partial charge in [0.05, 0.1) is 12.2 Å². The van der Waals surface area contributed by atoms with Crippen LogP contribution >= 0.6 is 0 Å². The zero-order valence-electron chi connectivity index (χ0n) is 21.7. The second kappa shape index (κ2) is 15.4. The van der Waals surface area contributed by atoms with Crippen molar-refractivity contribution in [3.8, 4) is 11.5 Å². The Balaban J connectivity index is 1.36. The Morgan fingerprint density at radius 1 is 0.857 bits per heavy atom. The Kier molecular flexibility index (Phi) is 11.9. The van der Waals surface area contributed by atoms with Crippen molar-refractivity contribution in [1.82, 2.24) is 0 Å². The third-order valence-electron chi connectivity index (χ3n) is 7.32. The minimum atomic E-state index is -0.342. The van der Waals surface area contributed by atoms with Gasteiger partial charge < -0.3 is 9.47 Å². The van der Waals surface area contributed by atoms with E-state index in [-0.39, 0.29) is 5.97 Å². The number of hydrogen-bond donors (Lipinski definition) is 0. The first-order chi connectivity index (χ1) is 17.2. The molecule has 0 heterocycles. The van der Waals surface area contributed by atoms with Crippen LogP contribution in [0.3, 0.4) is 0 Å². The van der Waals surface area contributed by atoms with Crippen LogP contribution in [0.2, 0.25) is 0 Å². The Bertz CT molecular complexity index is 861. The van der Waals surface area contributed by atoms with Gasteiger partial charge >= 0.3 is 5.97 Å². The fraction of sp³-hybridized carbons (Fsp3) is 0.531. The van der Waals surface area contributed by atoms with Crippen molar-refractivity contribution < 1.29 is 14.3 Å². The number of hydrogen-bond acceptors (Lipinski definition) is 3. The maximum Gasteiger partial charge on any atom is 0.343 e. The molecule has 3 heteroatoms. The number of aryl methyl sites for hydroxylation is 1. The number of rotatable bonds is 15. The van der Waals surface area contributed by atoms with E-state index in [4.69, 9.17) is 9.47 Å². The number of benzene rings is 2. The van der Waals surface area contributed by atoms with Crippen LogP contribution in [0.25, 0.3) is 0 Å². The van der Waals surface area contributed by atoms with E-state index in [2.05, 4.69) is 25.6 Å². The van der Waals surface area contributed by atoms with Crippen LogP contribution in [0.4, 0.5) is 0 Å². The van der Waals surface area contributed by atoms with Gasteiger partial charge in [-0.3, -0.25) is 0 Å². The average Bonchev–Trinajstić information content (AvgIpc) is 2.89. The molecule has 3 nitrogen and oxygen atoms in total. The molecule has 2 aromatic carbocycles. The van der Waals surface area contributed by atoms with Gasteiger partial charge in [0.15, 0.2) is 0 Å². The fourth-order valence-electron chi connectivity index (χ4n) is 5.02. The van der Waals surface area contributed by atoms with E-state index in [1.54, 1.807) is 12.1 Å². The summed E-state index contributed by atoms with van der Waals surface area (Å²) in [5, 5.41) is 0. The third-order valence-corrected chi connectivity index (χ3v) is 7.32. The Labute approximate surface area is 212 Å². The smallest absolute Gasteiger partial charge is 0.343 e. The number of unbranched alkanes of at least 4 members (excludes halogenated alkanes) is 4. The zero-order chi connectivity index (χ0) is 24.7. The van der Waals surface area contributed by atoms with E-state index in [0.29, 0.717) is 17.9 Å². The minimum Gasteiger partial charge on any atom is -0.494 e. The predicted octanol–water partition coefficient (Wildman–Crippen LogP) is 8.96. The van der Waals surface area contributed by atoms with Crippen molar-refractivity contribution in [2.45, 2.75) is 90.4 Å². The molecule has 0 bridgehead atoms. The van der Waals surface area contributed by atoms with Crippen molar-refractivity contribution in [2.24, 2.45) is 11.8 Å². The second-order valence-electron chi connectivity index (χ2n) is 10.1. The minimum absolute atomic E-state index is 0.342. The van der Waals surface area contributed by atoms with Gasteiger partial charge in [-0.25, -0.2) is 4.79 Å². The molecular weight excluding hydrogens is 432 g/mol. The van der Waals surface area contributed by atoms with Gasteiger partial charge in [-0.1, -0.05) is 76.5 Å². The molecule has 1 aliphatic rings. The van der Waals surface area contributed by atoms with Crippen LogP contribution in [-0.4, -0.2) is 12.6 Å². The number of ether oxygens (including phenoxy) is 2. The summed E-state index contributed by atoms with van der Waals surface area (Å²) in [4.78, 5) is 12.5. The first kappa shape index (κ1) is 27.0. The molecule has 0 radical (unpaired) electrons. The van der Waals surface area contributed by atoms with E-state index in [0.717, 1.165) is 43.3 Å². The molecule has 190 valence electrons. The summed E-state index contributed by atoms with van der Waals surface area (Å²) < 4.78 is 11.3. The molecule has 1 aliphatic carbocycles. The van der Waals surface area contributed by atoms with Crippen molar-refractivity contribution in [1.29, 1.82) is 0 Å². The van der Waals surface area contributed by atoms with Crippen LogP contribution in [0.5, 0.6) is 11.5 Å². The molecule has 3 rings (SSSR count). The molecule has 35 heavy (non-hydrogen) atoms. The van der Waals surface area contributed by atoms with Gasteiger partial charge in [-0.05, 0) is 85.9 Å². The number of allylic oxidation sites excluding steroid dienone is 1. The lowest BCUT2D eigenvalue weighted by Crippen LogP contribution is -2.15. The van der Waals surface area contributed by atoms with Crippen molar-refractivity contribution >= 4 is 5.97 Å². The van der Waals surface area contributed by atoms with Crippen molar-refractivity contribution in [2.75, 3.05) is 6.61 Å². The van der Waals surface area contributed by atoms with E-state index in [9.17, 15) is 4.79 Å². The fourth-order valence-corrected chi connectivity index (χ4v) is 5.02. The van der Waals surface area contributed by atoms with Gasteiger partial charge in [-0.15, -0.1) is 6.58 Å². The van der Waals surface area contributed by atoms with Crippen LogP contribution < -0.4 is 9.47 Å². The highest BCUT2D eigenvalue weighted by molar-refractivity contribution is 5.91. The molecule has 2 aromatic rings. The lowest BCUT2D eigenvalue weighted by Gasteiger charge is -2.28. The molecule has 0 atom stereocenters. The Morgan fingerprint density at radius 3 is 2.17 bits per heavy atom. The summed E-state index contributed by atoms with van der Waals surface area (Å²) in [5.74, 6) is 2.87. The average molecular weight is 477 g/mol. The molecule has 1 saturated carbocycles. The highest BCUT2D eigenvalue weighted by Crippen LogP contribution is 2.34. The maximum atomic E-state index is 12.5.